The van der Waals surface area contributed by atoms with Gasteiger partial charge in [0.1, 0.15) is 5.76 Å². The van der Waals surface area contributed by atoms with Gasteiger partial charge in [-0.1, -0.05) is 6.92 Å². The molecule has 0 N–H and O–H groups in total. The van der Waals surface area contributed by atoms with E-state index in [1.807, 2.05) is 19.9 Å². The molecule has 0 aromatic carbocycles. The molecule has 0 spiro atoms. The average Bonchev–Trinajstić information content (AvgIpc) is 2.77. The van der Waals surface area contributed by atoms with Gasteiger partial charge in [-0.3, -0.25) is 9.78 Å². The maximum Gasteiger partial charge on any atom is 0.198 e. The van der Waals surface area contributed by atoms with Gasteiger partial charge in [-0.15, -0.1) is 0 Å². The number of aromatic nitrogens is 1. The fourth-order valence-corrected chi connectivity index (χ4v) is 1.66. The minimum atomic E-state index is -0.0174. The van der Waals surface area contributed by atoms with Crippen molar-refractivity contribution in [2.75, 3.05) is 0 Å². The number of carbonyl (C=O) groups is 1. The molecule has 2 rings (SSSR count). The van der Waals surface area contributed by atoms with E-state index in [1.165, 1.54) is 0 Å². The largest absolute Gasteiger partial charge is 0.469 e. The first-order chi connectivity index (χ1) is 7.74. The van der Waals surface area contributed by atoms with Crippen LogP contribution in [0, 0.1) is 6.92 Å². The molecule has 0 bridgehead atoms. The normalized spacial score (nSPS) is 10.4. The second-order valence-electron chi connectivity index (χ2n) is 3.63. The lowest BCUT2D eigenvalue weighted by Crippen LogP contribution is -2.05. The standard InChI is InChI=1S/C13H13NO2/c1-3-12-10(5-7-16-12)13(15)11-8-14-6-4-9(11)2/h4-8H,3H2,1-2H3. The number of hydrogen-bond donors (Lipinski definition) is 0. The van der Waals surface area contributed by atoms with Crippen LogP contribution in [-0.4, -0.2) is 10.8 Å². The van der Waals surface area contributed by atoms with E-state index in [1.54, 1.807) is 24.7 Å². The van der Waals surface area contributed by atoms with Crippen LogP contribution in [0.1, 0.15) is 34.2 Å². The fraction of sp³-hybridized carbons (Fsp3) is 0.231. The minimum Gasteiger partial charge on any atom is -0.469 e. The number of carbonyl (C=O) groups excluding carboxylic acids is 1. The van der Waals surface area contributed by atoms with Crippen molar-refractivity contribution in [3.05, 3.63) is 53.2 Å². The highest BCUT2D eigenvalue weighted by Gasteiger charge is 2.16. The van der Waals surface area contributed by atoms with Gasteiger partial charge in [0.15, 0.2) is 5.78 Å². The van der Waals surface area contributed by atoms with Crippen molar-refractivity contribution < 1.29 is 9.21 Å². The quantitative estimate of drug-likeness (QED) is 0.739. The number of rotatable bonds is 3. The molecule has 2 aromatic rings. The molecule has 3 nitrogen and oxygen atoms in total. The number of furan rings is 1. The maximum absolute atomic E-state index is 12.2. The average molecular weight is 215 g/mol. The Labute approximate surface area is 94.1 Å². The third-order valence-electron chi connectivity index (χ3n) is 2.59. The van der Waals surface area contributed by atoms with Crippen LogP contribution in [0.2, 0.25) is 0 Å². The van der Waals surface area contributed by atoms with E-state index < -0.39 is 0 Å². The molecule has 0 amide bonds. The summed E-state index contributed by atoms with van der Waals surface area (Å²) in [6, 6.07) is 3.55. The molecule has 82 valence electrons. The number of ketones is 1. The van der Waals surface area contributed by atoms with Crippen molar-refractivity contribution in [3.63, 3.8) is 0 Å². The van der Waals surface area contributed by atoms with Gasteiger partial charge in [-0.2, -0.15) is 0 Å². The second kappa shape index (κ2) is 4.31. The fourth-order valence-electron chi connectivity index (χ4n) is 1.66. The van der Waals surface area contributed by atoms with Crippen LogP contribution >= 0.6 is 0 Å². The third kappa shape index (κ3) is 1.76. The number of pyridine rings is 1. The van der Waals surface area contributed by atoms with E-state index in [9.17, 15) is 4.79 Å². The summed E-state index contributed by atoms with van der Waals surface area (Å²) in [4.78, 5) is 16.2. The highest BCUT2D eigenvalue weighted by Crippen LogP contribution is 2.17. The summed E-state index contributed by atoms with van der Waals surface area (Å²) < 4.78 is 5.26. The number of aryl methyl sites for hydroxylation is 2. The Morgan fingerprint density at radius 2 is 2.19 bits per heavy atom. The number of nitrogens with zero attached hydrogens (tertiary/aromatic N) is 1. The highest BCUT2D eigenvalue weighted by atomic mass is 16.3. The van der Waals surface area contributed by atoms with Crippen LogP contribution < -0.4 is 0 Å². The lowest BCUT2D eigenvalue weighted by Gasteiger charge is -2.03. The Morgan fingerprint density at radius 1 is 1.38 bits per heavy atom. The summed E-state index contributed by atoms with van der Waals surface area (Å²) in [5, 5.41) is 0. The first-order valence-electron chi connectivity index (χ1n) is 5.25. The molecule has 0 aliphatic carbocycles. The van der Waals surface area contributed by atoms with E-state index in [4.69, 9.17) is 4.42 Å². The molecule has 0 unspecified atom stereocenters. The predicted octanol–water partition coefficient (Wildman–Crippen LogP) is 2.78. The van der Waals surface area contributed by atoms with Gasteiger partial charge < -0.3 is 4.42 Å². The van der Waals surface area contributed by atoms with Crippen LogP contribution in [-0.2, 0) is 6.42 Å². The van der Waals surface area contributed by atoms with Crippen molar-refractivity contribution in [3.8, 4) is 0 Å². The van der Waals surface area contributed by atoms with Gasteiger partial charge in [-0.25, -0.2) is 0 Å². The summed E-state index contributed by atoms with van der Waals surface area (Å²) in [5.74, 6) is 0.712. The van der Waals surface area contributed by atoms with Crippen molar-refractivity contribution in [1.29, 1.82) is 0 Å². The monoisotopic (exact) mass is 215 g/mol. The molecular weight excluding hydrogens is 202 g/mol. The molecule has 0 aliphatic rings. The molecule has 0 aliphatic heterocycles. The first-order valence-corrected chi connectivity index (χ1v) is 5.25. The SMILES string of the molecule is CCc1occc1C(=O)c1cnccc1C. The molecule has 0 fully saturated rings. The molecule has 0 atom stereocenters. The van der Waals surface area contributed by atoms with E-state index in [2.05, 4.69) is 4.98 Å². The summed E-state index contributed by atoms with van der Waals surface area (Å²) in [5.41, 5.74) is 2.21. The summed E-state index contributed by atoms with van der Waals surface area (Å²) >= 11 is 0. The zero-order valence-corrected chi connectivity index (χ0v) is 9.36. The molecule has 0 saturated carbocycles. The lowest BCUT2D eigenvalue weighted by molar-refractivity contribution is 0.103. The molecule has 16 heavy (non-hydrogen) atoms. The highest BCUT2D eigenvalue weighted by molar-refractivity contribution is 6.10. The second-order valence-corrected chi connectivity index (χ2v) is 3.63. The molecular formula is C13H13NO2. The Balaban J connectivity index is 2.44. The van der Waals surface area contributed by atoms with E-state index >= 15 is 0 Å². The van der Waals surface area contributed by atoms with Crippen LogP contribution in [0.15, 0.2) is 35.2 Å². The van der Waals surface area contributed by atoms with Crippen molar-refractivity contribution in [2.24, 2.45) is 0 Å². The predicted molar refractivity (Wildman–Crippen MR) is 60.5 cm³/mol. The Bertz CT molecular complexity index is 514. The molecule has 2 heterocycles. The molecule has 0 radical (unpaired) electrons. The van der Waals surface area contributed by atoms with Gasteiger partial charge in [0, 0.05) is 24.4 Å². The third-order valence-corrected chi connectivity index (χ3v) is 2.59. The van der Waals surface area contributed by atoms with Crippen molar-refractivity contribution in [2.45, 2.75) is 20.3 Å². The van der Waals surface area contributed by atoms with Gasteiger partial charge in [-0.05, 0) is 24.6 Å². The van der Waals surface area contributed by atoms with Crippen LogP contribution in [0.5, 0.6) is 0 Å². The van der Waals surface area contributed by atoms with E-state index in [0.717, 1.165) is 11.3 Å². The minimum absolute atomic E-state index is 0.0174. The van der Waals surface area contributed by atoms with E-state index in [0.29, 0.717) is 17.5 Å². The summed E-state index contributed by atoms with van der Waals surface area (Å²) in [7, 11) is 0. The van der Waals surface area contributed by atoms with Crippen molar-refractivity contribution in [1.82, 2.24) is 4.98 Å². The van der Waals surface area contributed by atoms with Crippen LogP contribution in [0.4, 0.5) is 0 Å². The number of hydrogen-bond acceptors (Lipinski definition) is 3. The van der Waals surface area contributed by atoms with Gasteiger partial charge >= 0.3 is 0 Å². The van der Waals surface area contributed by atoms with Gasteiger partial charge in [0.2, 0.25) is 0 Å². The Morgan fingerprint density at radius 3 is 2.88 bits per heavy atom. The zero-order valence-electron chi connectivity index (χ0n) is 9.36. The summed E-state index contributed by atoms with van der Waals surface area (Å²) in [6.07, 6.45) is 5.55. The summed E-state index contributed by atoms with van der Waals surface area (Å²) in [6.45, 7) is 3.87. The van der Waals surface area contributed by atoms with Gasteiger partial charge in [0.25, 0.3) is 0 Å². The van der Waals surface area contributed by atoms with Crippen molar-refractivity contribution >= 4 is 5.78 Å². The molecule has 0 saturated heterocycles. The van der Waals surface area contributed by atoms with Crippen LogP contribution in [0.25, 0.3) is 0 Å². The maximum atomic E-state index is 12.2. The topological polar surface area (TPSA) is 43.1 Å². The smallest absolute Gasteiger partial charge is 0.198 e. The first kappa shape index (κ1) is 10.6. The Kier molecular flexibility index (Phi) is 2.86. The molecule has 2 aromatic heterocycles. The lowest BCUT2D eigenvalue weighted by atomic mass is 10.0. The molecule has 3 heteroatoms. The zero-order chi connectivity index (χ0) is 11.5. The Hall–Kier alpha value is -1.90. The van der Waals surface area contributed by atoms with Crippen LogP contribution in [0.3, 0.4) is 0 Å². The van der Waals surface area contributed by atoms with E-state index in [-0.39, 0.29) is 5.78 Å². The van der Waals surface area contributed by atoms with Gasteiger partial charge in [0.05, 0.1) is 11.8 Å².